The molecule has 1 aromatic heterocycles. The maximum Gasteiger partial charge on any atom is 0.114 e. The Kier molecular flexibility index (Phi) is 4.12. The third-order valence-corrected chi connectivity index (χ3v) is 3.69. The molecule has 0 radical (unpaired) electrons. The molecule has 2 heterocycles. The number of nitrogens with zero attached hydrogens (tertiary/aromatic N) is 2. The van der Waals surface area contributed by atoms with Gasteiger partial charge in [-0.2, -0.15) is 0 Å². The second-order valence-corrected chi connectivity index (χ2v) is 5.28. The van der Waals surface area contributed by atoms with E-state index in [2.05, 4.69) is 34.8 Å². The number of aromatic nitrogens is 2. The molecule has 5 heteroatoms. The molecule has 1 atom stereocenters. The second kappa shape index (κ2) is 5.60. The van der Waals surface area contributed by atoms with Crippen molar-refractivity contribution >= 4 is 11.5 Å². The Morgan fingerprint density at radius 2 is 2.29 bits per heavy atom. The number of allylic oxidation sites excluding steroid dienone is 1. The average Bonchev–Trinajstić information content (AvgIpc) is 2.81. The van der Waals surface area contributed by atoms with E-state index in [9.17, 15) is 0 Å². The molecule has 0 saturated carbocycles. The molecule has 0 fully saturated rings. The van der Waals surface area contributed by atoms with Gasteiger partial charge in [-0.3, -0.25) is 0 Å². The number of hydrogen-bond acceptors (Lipinski definition) is 5. The van der Waals surface area contributed by atoms with Crippen molar-refractivity contribution in [2.24, 2.45) is 0 Å². The van der Waals surface area contributed by atoms with Crippen LogP contribution in [0.25, 0.3) is 0 Å². The van der Waals surface area contributed by atoms with Crippen LogP contribution in [0.1, 0.15) is 49.2 Å². The van der Waals surface area contributed by atoms with Crippen molar-refractivity contribution in [3.8, 4) is 0 Å². The van der Waals surface area contributed by atoms with E-state index in [1.165, 1.54) is 16.4 Å². The number of hydrogen-bond donors (Lipinski definition) is 1. The van der Waals surface area contributed by atoms with Crippen molar-refractivity contribution in [3.63, 3.8) is 0 Å². The fourth-order valence-corrected chi connectivity index (χ4v) is 2.91. The Balaban J connectivity index is 2.28. The van der Waals surface area contributed by atoms with Gasteiger partial charge in [-0.05, 0) is 43.4 Å². The lowest BCUT2D eigenvalue weighted by atomic mass is 10.0. The van der Waals surface area contributed by atoms with Crippen molar-refractivity contribution in [2.45, 2.75) is 38.6 Å². The highest BCUT2D eigenvalue weighted by Crippen LogP contribution is 2.32. The van der Waals surface area contributed by atoms with E-state index in [1.807, 2.05) is 7.05 Å². The Bertz CT molecular complexity index is 400. The lowest BCUT2D eigenvalue weighted by Gasteiger charge is -2.23. The molecule has 0 amide bonds. The number of likely N-dealkylation sites (N-methyl/N-ethyl adjacent to an activating group) is 1. The minimum Gasteiger partial charge on any atom is -0.496 e. The highest BCUT2D eigenvalue weighted by atomic mass is 32.1. The minimum atomic E-state index is 0.104. The van der Waals surface area contributed by atoms with Gasteiger partial charge in [-0.1, -0.05) is 18.3 Å². The van der Waals surface area contributed by atoms with E-state index >= 15 is 0 Å². The van der Waals surface area contributed by atoms with Gasteiger partial charge in [0.1, 0.15) is 11.8 Å². The molecule has 1 aliphatic rings. The zero-order chi connectivity index (χ0) is 12.3. The van der Waals surface area contributed by atoms with E-state index in [4.69, 9.17) is 4.74 Å². The molecule has 1 N–H and O–H groups in total. The Morgan fingerprint density at radius 1 is 1.47 bits per heavy atom. The highest BCUT2D eigenvalue weighted by Gasteiger charge is 2.25. The normalized spacial score (nSPS) is 17.8. The van der Waals surface area contributed by atoms with Crippen LogP contribution in [0.2, 0.25) is 0 Å². The van der Waals surface area contributed by atoms with Crippen LogP contribution in [0.4, 0.5) is 0 Å². The molecule has 2 rings (SSSR count). The van der Waals surface area contributed by atoms with Gasteiger partial charge in [-0.15, -0.1) is 5.10 Å². The van der Waals surface area contributed by atoms with E-state index in [-0.39, 0.29) is 6.04 Å². The molecule has 0 aliphatic carbocycles. The minimum absolute atomic E-state index is 0.104. The summed E-state index contributed by atoms with van der Waals surface area (Å²) in [6.07, 6.45) is 4.38. The number of ether oxygens (including phenoxy) is 1. The van der Waals surface area contributed by atoms with Gasteiger partial charge >= 0.3 is 0 Å². The molecule has 0 saturated heterocycles. The van der Waals surface area contributed by atoms with Gasteiger partial charge < -0.3 is 10.1 Å². The van der Waals surface area contributed by atoms with E-state index in [0.29, 0.717) is 5.92 Å². The van der Waals surface area contributed by atoms with Crippen LogP contribution in [0.15, 0.2) is 11.8 Å². The number of rotatable bonds is 4. The molecule has 94 valence electrons. The maximum absolute atomic E-state index is 5.74. The second-order valence-electron chi connectivity index (χ2n) is 4.50. The third kappa shape index (κ3) is 2.66. The molecule has 0 spiro atoms. The maximum atomic E-state index is 5.74. The standard InChI is InChI=1S/C12H19N3OS/c1-8(2)10-12(17-15-14-10)11(13-3)9-6-4-5-7-16-9/h6,8,11,13H,4-5,7H2,1-3H3. The molecule has 1 aliphatic heterocycles. The van der Waals surface area contributed by atoms with Crippen molar-refractivity contribution in [3.05, 3.63) is 22.4 Å². The summed E-state index contributed by atoms with van der Waals surface area (Å²) in [5.74, 6) is 1.41. The van der Waals surface area contributed by atoms with Crippen LogP contribution < -0.4 is 5.32 Å². The molecular weight excluding hydrogens is 234 g/mol. The molecule has 17 heavy (non-hydrogen) atoms. The zero-order valence-corrected chi connectivity index (χ0v) is 11.4. The van der Waals surface area contributed by atoms with Gasteiger partial charge in [-0.25, -0.2) is 0 Å². The first-order chi connectivity index (χ1) is 8.24. The lowest BCUT2D eigenvalue weighted by molar-refractivity contribution is 0.170. The SMILES string of the molecule is CNC(C1=CCCCO1)c1snnc1C(C)C. The van der Waals surface area contributed by atoms with Crippen molar-refractivity contribution < 1.29 is 4.74 Å². The predicted molar refractivity (Wildman–Crippen MR) is 69.1 cm³/mol. The third-order valence-electron chi connectivity index (χ3n) is 2.89. The first kappa shape index (κ1) is 12.5. The number of nitrogens with one attached hydrogen (secondary N) is 1. The average molecular weight is 253 g/mol. The van der Waals surface area contributed by atoms with Crippen LogP contribution in [-0.2, 0) is 4.74 Å². The summed E-state index contributed by atoms with van der Waals surface area (Å²) in [5, 5.41) is 7.53. The van der Waals surface area contributed by atoms with Crippen LogP contribution in [-0.4, -0.2) is 23.2 Å². The summed E-state index contributed by atoms with van der Waals surface area (Å²) in [4.78, 5) is 1.18. The predicted octanol–water partition coefficient (Wildman–Crippen LogP) is 2.62. The lowest BCUT2D eigenvalue weighted by Crippen LogP contribution is -2.22. The largest absolute Gasteiger partial charge is 0.496 e. The topological polar surface area (TPSA) is 47.0 Å². The van der Waals surface area contributed by atoms with Crippen molar-refractivity contribution in [1.29, 1.82) is 0 Å². The van der Waals surface area contributed by atoms with Crippen LogP contribution in [0.3, 0.4) is 0 Å². The molecule has 1 unspecified atom stereocenters. The first-order valence-electron chi connectivity index (χ1n) is 6.06. The van der Waals surface area contributed by atoms with E-state index in [0.717, 1.165) is 30.9 Å². The molecular formula is C12H19N3OS. The fourth-order valence-electron chi connectivity index (χ4n) is 1.99. The highest BCUT2D eigenvalue weighted by molar-refractivity contribution is 7.05. The fraction of sp³-hybridized carbons (Fsp3) is 0.667. The van der Waals surface area contributed by atoms with E-state index in [1.54, 1.807) is 0 Å². The molecule has 1 aromatic rings. The van der Waals surface area contributed by atoms with Gasteiger partial charge in [0.05, 0.1) is 17.2 Å². The van der Waals surface area contributed by atoms with Crippen LogP contribution in [0.5, 0.6) is 0 Å². The summed E-state index contributed by atoms with van der Waals surface area (Å²) in [5.41, 5.74) is 1.07. The zero-order valence-electron chi connectivity index (χ0n) is 10.6. The Hall–Kier alpha value is -0.940. The molecule has 0 bridgehead atoms. The van der Waals surface area contributed by atoms with Gasteiger partial charge in [0.25, 0.3) is 0 Å². The summed E-state index contributed by atoms with van der Waals surface area (Å²) < 4.78 is 9.82. The van der Waals surface area contributed by atoms with Gasteiger partial charge in [0.2, 0.25) is 0 Å². The monoisotopic (exact) mass is 253 g/mol. The smallest absolute Gasteiger partial charge is 0.114 e. The Morgan fingerprint density at radius 3 is 2.88 bits per heavy atom. The molecule has 0 aromatic carbocycles. The van der Waals surface area contributed by atoms with E-state index < -0.39 is 0 Å². The van der Waals surface area contributed by atoms with Crippen LogP contribution >= 0.6 is 11.5 Å². The summed E-state index contributed by atoms with van der Waals surface area (Å²) in [7, 11) is 1.95. The summed E-state index contributed by atoms with van der Waals surface area (Å²) >= 11 is 1.46. The Labute approximate surface area is 106 Å². The first-order valence-corrected chi connectivity index (χ1v) is 6.83. The van der Waals surface area contributed by atoms with Crippen molar-refractivity contribution in [2.75, 3.05) is 13.7 Å². The molecule has 4 nitrogen and oxygen atoms in total. The van der Waals surface area contributed by atoms with Gasteiger partial charge in [0.15, 0.2) is 0 Å². The van der Waals surface area contributed by atoms with Crippen LogP contribution in [0, 0.1) is 0 Å². The van der Waals surface area contributed by atoms with Gasteiger partial charge in [0, 0.05) is 0 Å². The summed E-state index contributed by atoms with van der Waals surface area (Å²) in [6.45, 7) is 5.10. The van der Waals surface area contributed by atoms with Crippen molar-refractivity contribution in [1.82, 2.24) is 14.9 Å². The summed E-state index contributed by atoms with van der Waals surface area (Å²) in [6, 6.07) is 0.104. The quantitative estimate of drug-likeness (QED) is 0.896.